The molecule has 3 nitrogen and oxygen atoms in total. The average molecular weight is 157 g/mol. The molecule has 0 unspecified atom stereocenters. The average Bonchev–Trinajstić information content (AvgIpc) is 2.17. The van der Waals surface area contributed by atoms with Crippen LogP contribution in [-0.4, -0.2) is 12.6 Å². The summed E-state index contributed by atoms with van der Waals surface area (Å²) >= 11 is 0. The molecule has 1 aromatic rings. The van der Waals surface area contributed by atoms with Crippen LogP contribution in [0, 0.1) is 6.54 Å². The summed E-state index contributed by atoms with van der Waals surface area (Å²) in [6.45, 7) is 2.64. The van der Waals surface area contributed by atoms with Crippen LogP contribution in [0.2, 0.25) is 0 Å². The molecule has 3 heteroatoms. The lowest BCUT2D eigenvalue weighted by atomic mass is 10.2. The summed E-state index contributed by atoms with van der Waals surface area (Å²) in [6, 6.07) is 7.33. The Morgan fingerprint density at radius 3 is 3.08 bits per heavy atom. The Bertz CT molecular complexity index is 333. The van der Waals surface area contributed by atoms with Crippen LogP contribution in [0.3, 0.4) is 0 Å². The summed E-state index contributed by atoms with van der Waals surface area (Å²) in [5.41, 5.74) is 1.48. The highest BCUT2D eigenvalue weighted by molar-refractivity contribution is 5.95. The highest BCUT2D eigenvalue weighted by Gasteiger charge is 2.13. The quantitative estimate of drug-likeness (QED) is 0.605. The number of anilines is 1. The molecule has 1 heterocycles. The van der Waals surface area contributed by atoms with E-state index in [-0.39, 0.29) is 0 Å². The maximum absolute atomic E-state index is 10.4. The fourth-order valence-corrected chi connectivity index (χ4v) is 1.06. The van der Waals surface area contributed by atoms with Crippen LogP contribution >= 0.6 is 0 Å². The number of benzene rings is 1. The number of carbonyl (C=O) groups excluding carboxylic acids is 1. The Morgan fingerprint density at radius 1 is 1.42 bits per heavy atom. The zero-order chi connectivity index (χ0) is 8.39. The first kappa shape index (κ1) is 7.03. The maximum atomic E-state index is 10.4. The highest BCUT2D eigenvalue weighted by atomic mass is 16.1. The molecule has 0 N–H and O–H groups in total. The molecule has 1 aromatic carbocycles. The predicted octanol–water partition coefficient (Wildman–Crippen LogP) is 1.31. The normalized spacial score (nSPS) is 14.2. The second-order valence-corrected chi connectivity index (χ2v) is 2.30. The van der Waals surface area contributed by atoms with Crippen LogP contribution in [0.4, 0.5) is 11.4 Å². The van der Waals surface area contributed by atoms with E-state index >= 15 is 0 Å². The predicted molar refractivity (Wildman–Crippen MR) is 46.0 cm³/mol. The van der Waals surface area contributed by atoms with Crippen molar-refractivity contribution in [2.45, 2.75) is 0 Å². The lowest BCUT2D eigenvalue weighted by Gasteiger charge is -2.17. The fourth-order valence-electron chi connectivity index (χ4n) is 1.06. The van der Waals surface area contributed by atoms with Gasteiger partial charge in [-0.05, 0) is 12.1 Å². The van der Waals surface area contributed by atoms with E-state index in [2.05, 4.69) is 11.5 Å². The van der Waals surface area contributed by atoms with Crippen molar-refractivity contribution in [1.82, 2.24) is 0 Å². The van der Waals surface area contributed by atoms with Crippen LogP contribution < -0.4 is 4.90 Å². The number of aliphatic imine (C=N–C) groups is 1. The fraction of sp³-hybridized carbons (Fsp3) is 0. The van der Waals surface area contributed by atoms with E-state index in [9.17, 15) is 4.79 Å². The molecular formula is C9H5N2O. The zero-order valence-corrected chi connectivity index (χ0v) is 6.19. The van der Waals surface area contributed by atoms with E-state index in [4.69, 9.17) is 0 Å². The van der Waals surface area contributed by atoms with Crippen LogP contribution in [0.15, 0.2) is 29.3 Å². The van der Waals surface area contributed by atoms with Gasteiger partial charge in [0.05, 0.1) is 11.4 Å². The number of para-hydroxylation sites is 2. The molecule has 57 valence electrons. The number of hydrogen-bond acceptors (Lipinski definition) is 2. The van der Waals surface area contributed by atoms with Crippen LogP contribution in [0.1, 0.15) is 0 Å². The van der Waals surface area contributed by atoms with Gasteiger partial charge in [-0.3, -0.25) is 14.7 Å². The molecule has 0 aliphatic carbocycles. The molecule has 1 aliphatic rings. The molecule has 0 bridgehead atoms. The number of fused-ring (bicyclic) bond motifs is 1. The van der Waals surface area contributed by atoms with Gasteiger partial charge in [0.2, 0.25) is 0 Å². The maximum Gasteiger partial charge on any atom is 0.318 e. The third kappa shape index (κ3) is 0.993. The van der Waals surface area contributed by atoms with Crippen molar-refractivity contribution < 1.29 is 4.79 Å². The largest absolute Gasteiger partial charge is 0.318 e. The van der Waals surface area contributed by atoms with Crippen molar-refractivity contribution >= 4 is 24.0 Å². The van der Waals surface area contributed by atoms with Gasteiger partial charge in [-0.15, -0.1) is 0 Å². The van der Waals surface area contributed by atoms with Crippen molar-refractivity contribution in [2.75, 3.05) is 4.90 Å². The molecule has 2 rings (SSSR count). The van der Waals surface area contributed by atoms with Crippen molar-refractivity contribution in [3.05, 3.63) is 30.8 Å². The summed E-state index contributed by atoms with van der Waals surface area (Å²) in [7, 11) is 0. The van der Waals surface area contributed by atoms with Gasteiger partial charge in [-0.2, -0.15) is 0 Å². The third-order valence-electron chi connectivity index (χ3n) is 1.60. The molecule has 0 atom stereocenters. The summed E-state index contributed by atoms with van der Waals surface area (Å²) in [5, 5.41) is 0. The minimum absolute atomic E-state index is 0.718. The minimum atomic E-state index is 0.718. The number of rotatable bonds is 1. The van der Waals surface area contributed by atoms with Gasteiger partial charge in [0, 0.05) is 6.21 Å². The molecule has 0 saturated carbocycles. The van der Waals surface area contributed by atoms with Crippen molar-refractivity contribution in [3.63, 3.8) is 0 Å². The van der Waals surface area contributed by atoms with Crippen molar-refractivity contribution in [2.24, 2.45) is 4.99 Å². The summed E-state index contributed by atoms with van der Waals surface area (Å²) in [4.78, 5) is 15.7. The molecule has 1 aliphatic heterocycles. The molecular weight excluding hydrogens is 152 g/mol. The lowest BCUT2D eigenvalue weighted by Crippen LogP contribution is -2.20. The Kier molecular flexibility index (Phi) is 1.63. The second kappa shape index (κ2) is 2.77. The van der Waals surface area contributed by atoms with Crippen molar-refractivity contribution in [3.8, 4) is 0 Å². The topological polar surface area (TPSA) is 32.7 Å². The zero-order valence-electron chi connectivity index (χ0n) is 6.19. The molecule has 0 aromatic heterocycles. The number of nitrogens with zero attached hydrogens (tertiary/aromatic N) is 2. The molecule has 12 heavy (non-hydrogen) atoms. The van der Waals surface area contributed by atoms with Gasteiger partial charge in [0.15, 0.2) is 0 Å². The highest BCUT2D eigenvalue weighted by Crippen LogP contribution is 2.30. The van der Waals surface area contributed by atoms with Crippen LogP contribution in [-0.2, 0) is 4.79 Å². The summed E-state index contributed by atoms with van der Waals surface area (Å²) in [6.07, 6.45) is 3.19. The Balaban J connectivity index is 2.52. The first-order chi connectivity index (χ1) is 5.92. The minimum Gasteiger partial charge on any atom is -0.285 e. The Hall–Kier alpha value is -1.64. The van der Waals surface area contributed by atoms with Gasteiger partial charge in [-0.1, -0.05) is 12.1 Å². The van der Waals surface area contributed by atoms with Gasteiger partial charge in [-0.25, -0.2) is 0 Å². The molecule has 0 fully saturated rings. The third-order valence-corrected chi connectivity index (χ3v) is 1.60. The first-order valence-electron chi connectivity index (χ1n) is 3.47. The Labute approximate surface area is 70.3 Å². The van der Waals surface area contributed by atoms with E-state index < -0.39 is 0 Å². The van der Waals surface area contributed by atoms with E-state index in [1.165, 1.54) is 11.1 Å². The van der Waals surface area contributed by atoms with Gasteiger partial charge >= 0.3 is 6.41 Å². The summed E-state index contributed by atoms with van der Waals surface area (Å²) < 4.78 is 0. The molecule has 3 radical (unpaired) electrons. The molecule has 0 spiro atoms. The van der Waals surface area contributed by atoms with Crippen LogP contribution in [0.25, 0.3) is 0 Å². The monoisotopic (exact) mass is 157 g/mol. The number of hydrogen-bond donors (Lipinski definition) is 0. The molecule has 1 amide bonds. The molecule has 0 saturated heterocycles. The van der Waals surface area contributed by atoms with Gasteiger partial charge < -0.3 is 0 Å². The van der Waals surface area contributed by atoms with Gasteiger partial charge in [0.25, 0.3) is 0 Å². The van der Waals surface area contributed by atoms with E-state index in [0.717, 1.165) is 11.4 Å². The second-order valence-electron chi connectivity index (χ2n) is 2.30. The summed E-state index contributed by atoms with van der Waals surface area (Å²) in [5.74, 6) is 0. The smallest absolute Gasteiger partial charge is 0.285 e. The van der Waals surface area contributed by atoms with E-state index in [0.29, 0.717) is 0 Å². The van der Waals surface area contributed by atoms with Crippen molar-refractivity contribution in [1.29, 1.82) is 0 Å². The van der Waals surface area contributed by atoms with E-state index in [1.54, 1.807) is 12.5 Å². The number of amides is 1. The lowest BCUT2D eigenvalue weighted by molar-refractivity contribution is 0.555. The van der Waals surface area contributed by atoms with Crippen LogP contribution in [0.5, 0.6) is 0 Å². The van der Waals surface area contributed by atoms with E-state index in [1.807, 2.05) is 18.2 Å². The standard InChI is InChI=1S/C9H5N2O/c12-7-11-6-5-10-8-3-1-2-4-9(8)11/h1-5H. The first-order valence-corrected chi connectivity index (χ1v) is 3.47. The van der Waals surface area contributed by atoms with Gasteiger partial charge in [0.1, 0.15) is 6.54 Å². The Morgan fingerprint density at radius 2 is 2.25 bits per heavy atom. The SMILES string of the molecule is O=[C]N1[C]C=Nc2ccccc21.